The number of aromatic nitrogens is 1. The molecule has 0 saturated heterocycles. The second-order valence-electron chi connectivity index (χ2n) is 6.22. The standard InChI is InChI=1S/C20H20N2O3S/c1-12-5-6-14(9-13(12)2)10-18(23)21-20-22(3)16-8-7-15(19(24)25-4)11-17(16)26-20/h5-9,11H,10H2,1-4H3. The maximum Gasteiger partial charge on any atom is 0.337 e. The second-order valence-corrected chi connectivity index (χ2v) is 7.23. The van der Waals surface area contributed by atoms with E-state index in [1.54, 1.807) is 12.1 Å². The highest BCUT2D eigenvalue weighted by molar-refractivity contribution is 7.16. The minimum atomic E-state index is -0.382. The summed E-state index contributed by atoms with van der Waals surface area (Å²) in [5.41, 5.74) is 4.72. The summed E-state index contributed by atoms with van der Waals surface area (Å²) in [5, 5.41) is 0. The summed E-state index contributed by atoms with van der Waals surface area (Å²) in [6.45, 7) is 4.08. The van der Waals surface area contributed by atoms with Gasteiger partial charge in [0.2, 0.25) is 0 Å². The van der Waals surface area contributed by atoms with Crippen LogP contribution in [0.1, 0.15) is 27.0 Å². The molecule has 0 radical (unpaired) electrons. The zero-order chi connectivity index (χ0) is 18.8. The third-order valence-electron chi connectivity index (χ3n) is 4.38. The normalized spacial score (nSPS) is 11.8. The van der Waals surface area contributed by atoms with Gasteiger partial charge in [-0.2, -0.15) is 4.99 Å². The van der Waals surface area contributed by atoms with Crippen molar-refractivity contribution in [3.63, 3.8) is 0 Å². The number of hydrogen-bond donors (Lipinski definition) is 0. The van der Waals surface area contributed by atoms with Crippen molar-refractivity contribution in [2.24, 2.45) is 12.0 Å². The van der Waals surface area contributed by atoms with Crippen LogP contribution in [0.5, 0.6) is 0 Å². The number of carbonyl (C=O) groups excluding carboxylic acids is 2. The molecule has 1 amide bonds. The van der Waals surface area contributed by atoms with Crippen LogP contribution in [0.25, 0.3) is 10.2 Å². The molecule has 0 saturated carbocycles. The number of aryl methyl sites for hydroxylation is 3. The first-order chi connectivity index (χ1) is 12.4. The molecular formula is C20H20N2O3S. The van der Waals surface area contributed by atoms with Gasteiger partial charge >= 0.3 is 5.97 Å². The molecular weight excluding hydrogens is 348 g/mol. The third-order valence-corrected chi connectivity index (χ3v) is 5.47. The lowest BCUT2D eigenvalue weighted by Crippen LogP contribution is -2.14. The lowest BCUT2D eigenvalue weighted by molar-refractivity contribution is -0.117. The molecule has 3 rings (SSSR count). The zero-order valence-electron chi connectivity index (χ0n) is 15.2. The first-order valence-corrected chi connectivity index (χ1v) is 9.02. The highest BCUT2D eigenvalue weighted by atomic mass is 32.1. The molecule has 0 unspecified atom stereocenters. The van der Waals surface area contributed by atoms with E-state index in [-0.39, 0.29) is 18.3 Å². The number of ether oxygens (including phenoxy) is 1. The number of hydrogen-bond acceptors (Lipinski definition) is 4. The number of rotatable bonds is 3. The van der Waals surface area contributed by atoms with Gasteiger partial charge in [-0.1, -0.05) is 29.5 Å². The van der Waals surface area contributed by atoms with Gasteiger partial charge in [0.05, 0.1) is 29.3 Å². The van der Waals surface area contributed by atoms with Gasteiger partial charge in [0.25, 0.3) is 5.91 Å². The first-order valence-electron chi connectivity index (χ1n) is 8.20. The lowest BCUT2D eigenvalue weighted by Gasteiger charge is -2.02. The van der Waals surface area contributed by atoms with Crippen molar-refractivity contribution in [3.8, 4) is 0 Å². The van der Waals surface area contributed by atoms with Crippen LogP contribution < -0.4 is 4.80 Å². The average Bonchev–Trinajstić information content (AvgIpc) is 2.92. The predicted molar refractivity (Wildman–Crippen MR) is 102 cm³/mol. The number of amides is 1. The molecule has 3 aromatic rings. The summed E-state index contributed by atoms with van der Waals surface area (Å²) in [6, 6.07) is 11.3. The van der Waals surface area contributed by atoms with Gasteiger partial charge in [0.1, 0.15) is 0 Å². The smallest absolute Gasteiger partial charge is 0.337 e. The Labute approximate surface area is 155 Å². The van der Waals surface area contributed by atoms with E-state index in [1.165, 1.54) is 24.0 Å². The van der Waals surface area contributed by atoms with Gasteiger partial charge in [-0.05, 0) is 48.7 Å². The lowest BCUT2D eigenvalue weighted by atomic mass is 10.0. The molecule has 0 spiro atoms. The van der Waals surface area contributed by atoms with Gasteiger partial charge < -0.3 is 9.30 Å². The van der Waals surface area contributed by atoms with Crippen LogP contribution in [-0.2, 0) is 23.0 Å². The minimum Gasteiger partial charge on any atom is -0.465 e. The number of benzene rings is 2. The van der Waals surface area contributed by atoms with Crippen molar-refractivity contribution >= 4 is 33.4 Å². The third kappa shape index (κ3) is 3.60. The molecule has 0 bridgehead atoms. The molecule has 1 aromatic heterocycles. The summed E-state index contributed by atoms with van der Waals surface area (Å²) in [6.07, 6.45) is 0.267. The predicted octanol–water partition coefficient (Wildman–Crippen LogP) is 3.31. The van der Waals surface area contributed by atoms with Crippen molar-refractivity contribution in [2.45, 2.75) is 20.3 Å². The molecule has 6 heteroatoms. The van der Waals surface area contributed by atoms with Gasteiger partial charge in [-0.3, -0.25) is 4.79 Å². The number of esters is 1. The van der Waals surface area contributed by atoms with E-state index in [2.05, 4.69) is 4.99 Å². The molecule has 0 aliphatic carbocycles. The van der Waals surface area contributed by atoms with Crippen molar-refractivity contribution < 1.29 is 14.3 Å². The summed E-state index contributed by atoms with van der Waals surface area (Å²) >= 11 is 1.38. The Kier molecular flexibility index (Phi) is 5.04. The topological polar surface area (TPSA) is 60.7 Å². The Hall–Kier alpha value is -2.73. The van der Waals surface area contributed by atoms with Crippen LogP contribution in [0.2, 0.25) is 0 Å². The van der Waals surface area contributed by atoms with E-state index >= 15 is 0 Å². The minimum absolute atomic E-state index is 0.191. The Morgan fingerprint density at radius 2 is 1.88 bits per heavy atom. The second kappa shape index (κ2) is 7.25. The van der Waals surface area contributed by atoms with Gasteiger partial charge in [-0.25, -0.2) is 4.79 Å². The van der Waals surface area contributed by atoms with Crippen molar-refractivity contribution in [2.75, 3.05) is 7.11 Å². The van der Waals surface area contributed by atoms with E-state index in [0.29, 0.717) is 10.4 Å². The summed E-state index contributed by atoms with van der Waals surface area (Å²) in [5.74, 6) is -0.573. The maximum absolute atomic E-state index is 12.4. The summed E-state index contributed by atoms with van der Waals surface area (Å²) < 4.78 is 7.50. The van der Waals surface area contributed by atoms with Crippen LogP contribution in [0, 0.1) is 13.8 Å². The number of nitrogens with zero attached hydrogens (tertiary/aromatic N) is 2. The van der Waals surface area contributed by atoms with E-state index in [4.69, 9.17) is 4.74 Å². The van der Waals surface area contributed by atoms with Crippen molar-refractivity contribution in [1.29, 1.82) is 0 Å². The molecule has 1 heterocycles. The van der Waals surface area contributed by atoms with E-state index < -0.39 is 0 Å². The molecule has 134 valence electrons. The van der Waals surface area contributed by atoms with E-state index in [0.717, 1.165) is 21.3 Å². The SMILES string of the molecule is COC(=O)c1ccc2c(c1)sc(=NC(=O)Cc1ccc(C)c(C)c1)n2C. The largest absolute Gasteiger partial charge is 0.465 e. The maximum atomic E-state index is 12.4. The highest BCUT2D eigenvalue weighted by Crippen LogP contribution is 2.19. The first kappa shape index (κ1) is 18.1. The molecule has 5 nitrogen and oxygen atoms in total. The molecule has 0 atom stereocenters. The van der Waals surface area contributed by atoms with E-state index in [1.807, 2.05) is 49.7 Å². The fourth-order valence-corrected chi connectivity index (χ4v) is 3.79. The van der Waals surface area contributed by atoms with Crippen molar-refractivity contribution in [3.05, 3.63) is 63.5 Å². The fraction of sp³-hybridized carbons (Fsp3) is 0.250. The van der Waals surface area contributed by atoms with Gasteiger partial charge in [-0.15, -0.1) is 0 Å². The Morgan fingerprint density at radius 1 is 1.12 bits per heavy atom. The van der Waals surface area contributed by atoms with Crippen molar-refractivity contribution in [1.82, 2.24) is 4.57 Å². The quantitative estimate of drug-likeness (QED) is 0.667. The van der Waals surface area contributed by atoms with Crippen LogP contribution >= 0.6 is 11.3 Å². The number of thiazole rings is 1. The number of methoxy groups -OCH3 is 1. The molecule has 2 aromatic carbocycles. The summed E-state index contributed by atoms with van der Waals surface area (Å²) in [4.78, 5) is 28.9. The molecule has 0 fully saturated rings. The van der Waals surface area contributed by atoms with Gasteiger partial charge in [0.15, 0.2) is 4.80 Å². The Balaban J connectivity index is 1.93. The van der Waals surface area contributed by atoms with Crippen LogP contribution in [-0.4, -0.2) is 23.6 Å². The average molecular weight is 368 g/mol. The molecule has 0 N–H and O–H groups in total. The molecule has 0 aliphatic heterocycles. The Bertz CT molecular complexity index is 1080. The van der Waals surface area contributed by atoms with E-state index in [9.17, 15) is 9.59 Å². The van der Waals surface area contributed by atoms with Crippen LogP contribution in [0.3, 0.4) is 0 Å². The fourth-order valence-electron chi connectivity index (χ4n) is 2.72. The number of carbonyl (C=O) groups is 2. The van der Waals surface area contributed by atoms with Crippen LogP contribution in [0.15, 0.2) is 41.4 Å². The van der Waals surface area contributed by atoms with Crippen LogP contribution in [0.4, 0.5) is 0 Å². The zero-order valence-corrected chi connectivity index (χ0v) is 16.0. The Morgan fingerprint density at radius 3 is 2.58 bits per heavy atom. The molecule has 26 heavy (non-hydrogen) atoms. The summed E-state index contributed by atoms with van der Waals surface area (Å²) in [7, 11) is 3.21. The highest BCUT2D eigenvalue weighted by Gasteiger charge is 2.10. The number of fused-ring (bicyclic) bond motifs is 1. The monoisotopic (exact) mass is 368 g/mol. The van der Waals surface area contributed by atoms with Gasteiger partial charge in [0, 0.05) is 7.05 Å². The molecule has 0 aliphatic rings.